The molecular weight excluding hydrogens is 381 g/mol. The molecule has 1 N–H and O–H groups in total. The highest BCUT2D eigenvalue weighted by Gasteiger charge is 2.30. The minimum atomic E-state index is -4.48. The van der Waals surface area contributed by atoms with Gasteiger partial charge >= 0.3 is 6.18 Å². The zero-order chi connectivity index (χ0) is 20.4. The molecular formula is C21H17F3N4O. The molecule has 8 heteroatoms. The third kappa shape index (κ3) is 4.21. The molecule has 1 amide bonds. The Morgan fingerprint density at radius 2 is 1.79 bits per heavy atom. The van der Waals surface area contributed by atoms with E-state index >= 15 is 0 Å². The van der Waals surface area contributed by atoms with Gasteiger partial charge in [0.05, 0.1) is 18.0 Å². The van der Waals surface area contributed by atoms with Crippen molar-refractivity contribution in [3.63, 3.8) is 0 Å². The lowest BCUT2D eigenvalue weighted by Crippen LogP contribution is -2.31. The molecule has 148 valence electrons. The molecule has 0 fully saturated rings. The predicted molar refractivity (Wildman–Crippen MR) is 103 cm³/mol. The molecule has 5 nitrogen and oxygen atoms in total. The van der Waals surface area contributed by atoms with E-state index in [0.29, 0.717) is 12.4 Å². The van der Waals surface area contributed by atoms with Gasteiger partial charge in [-0.25, -0.2) is 9.97 Å². The zero-order valence-electron chi connectivity index (χ0n) is 15.3. The van der Waals surface area contributed by atoms with E-state index in [1.54, 1.807) is 0 Å². The van der Waals surface area contributed by atoms with Crippen LogP contribution in [0.2, 0.25) is 0 Å². The van der Waals surface area contributed by atoms with Crippen LogP contribution < -0.4 is 10.2 Å². The van der Waals surface area contributed by atoms with Crippen molar-refractivity contribution in [3.8, 4) is 0 Å². The highest BCUT2D eigenvalue weighted by atomic mass is 19.4. The molecule has 0 unspecified atom stereocenters. The van der Waals surface area contributed by atoms with Gasteiger partial charge in [-0.3, -0.25) is 4.79 Å². The third-order valence-electron chi connectivity index (χ3n) is 4.77. The minimum absolute atomic E-state index is 0.0311. The summed E-state index contributed by atoms with van der Waals surface area (Å²) in [5, 5.41) is 2.43. The van der Waals surface area contributed by atoms with Gasteiger partial charge in [0.1, 0.15) is 11.5 Å². The van der Waals surface area contributed by atoms with E-state index in [1.165, 1.54) is 35.7 Å². The molecule has 3 aromatic rings. The predicted octanol–water partition coefficient (Wildman–Crippen LogP) is 4.31. The quantitative estimate of drug-likeness (QED) is 0.714. The minimum Gasteiger partial charge on any atom is -0.351 e. The summed E-state index contributed by atoms with van der Waals surface area (Å²) in [6.07, 6.45) is -0.737. The average molecular weight is 398 g/mol. The Bertz CT molecular complexity index is 1030. The number of rotatable bonds is 3. The van der Waals surface area contributed by atoms with Crippen molar-refractivity contribution in [2.75, 3.05) is 16.8 Å². The Kier molecular flexibility index (Phi) is 4.92. The van der Waals surface area contributed by atoms with Gasteiger partial charge in [-0.1, -0.05) is 30.3 Å². The lowest BCUT2D eigenvalue weighted by Gasteiger charge is -2.29. The number of nitrogens with zero attached hydrogens (tertiary/aromatic N) is 3. The number of carbonyl (C=O) groups is 1. The number of anilines is 2. The fourth-order valence-electron chi connectivity index (χ4n) is 3.26. The molecule has 2 heterocycles. The fourth-order valence-corrected chi connectivity index (χ4v) is 3.26. The van der Waals surface area contributed by atoms with Gasteiger partial charge in [0, 0.05) is 18.8 Å². The fraction of sp³-hybridized carbons (Fsp3) is 0.190. The molecule has 1 aliphatic heterocycles. The van der Waals surface area contributed by atoms with Crippen molar-refractivity contribution in [1.82, 2.24) is 9.97 Å². The molecule has 1 aliphatic rings. The summed E-state index contributed by atoms with van der Waals surface area (Å²) in [6, 6.07) is 12.7. The Hall–Kier alpha value is -3.42. The second-order valence-corrected chi connectivity index (χ2v) is 6.73. The summed E-state index contributed by atoms with van der Waals surface area (Å²) in [6.45, 7) is 1.50. The third-order valence-corrected chi connectivity index (χ3v) is 4.77. The van der Waals surface area contributed by atoms with Gasteiger partial charge in [0.25, 0.3) is 5.91 Å². The number of aromatic nitrogens is 2. The second-order valence-electron chi connectivity index (χ2n) is 6.73. The summed E-state index contributed by atoms with van der Waals surface area (Å²) < 4.78 is 38.4. The van der Waals surface area contributed by atoms with E-state index in [9.17, 15) is 18.0 Å². The van der Waals surface area contributed by atoms with Crippen molar-refractivity contribution < 1.29 is 18.0 Å². The maximum absolute atomic E-state index is 12.8. The number of alkyl halides is 3. The number of nitrogens with one attached hydrogen (secondary N) is 1. The summed E-state index contributed by atoms with van der Waals surface area (Å²) in [5.41, 5.74) is 1.79. The Balaban J connectivity index is 1.45. The number of fused-ring (bicyclic) bond motifs is 1. The second kappa shape index (κ2) is 7.54. The van der Waals surface area contributed by atoms with Gasteiger partial charge in [-0.05, 0) is 35.7 Å². The van der Waals surface area contributed by atoms with Crippen LogP contribution in [0.4, 0.5) is 24.7 Å². The average Bonchev–Trinajstić information content (AvgIpc) is 2.73. The van der Waals surface area contributed by atoms with Crippen molar-refractivity contribution in [1.29, 1.82) is 0 Å². The highest BCUT2D eigenvalue weighted by molar-refractivity contribution is 6.02. The number of hydrogen-bond acceptors (Lipinski definition) is 4. The molecule has 2 aromatic carbocycles. The summed E-state index contributed by atoms with van der Waals surface area (Å²) in [7, 11) is 0. The van der Waals surface area contributed by atoms with Crippen LogP contribution in [0.15, 0.2) is 60.9 Å². The van der Waals surface area contributed by atoms with Crippen LogP contribution in [0.1, 0.15) is 27.2 Å². The zero-order valence-corrected chi connectivity index (χ0v) is 15.3. The van der Waals surface area contributed by atoms with Crippen LogP contribution in [0, 0.1) is 0 Å². The van der Waals surface area contributed by atoms with Crippen molar-refractivity contribution in [2.24, 2.45) is 0 Å². The molecule has 0 saturated carbocycles. The van der Waals surface area contributed by atoms with Gasteiger partial charge < -0.3 is 10.2 Å². The van der Waals surface area contributed by atoms with Crippen LogP contribution in [0.5, 0.6) is 0 Å². The maximum atomic E-state index is 12.8. The smallest absolute Gasteiger partial charge is 0.351 e. The molecule has 0 radical (unpaired) electrons. The Morgan fingerprint density at radius 1 is 1.00 bits per heavy atom. The van der Waals surface area contributed by atoms with Crippen LogP contribution in [0.25, 0.3) is 0 Å². The van der Waals surface area contributed by atoms with Crippen molar-refractivity contribution in [3.05, 3.63) is 83.3 Å². The van der Waals surface area contributed by atoms with E-state index < -0.39 is 17.6 Å². The molecule has 4 rings (SSSR count). The van der Waals surface area contributed by atoms with E-state index in [-0.39, 0.29) is 11.4 Å². The van der Waals surface area contributed by atoms with Crippen LogP contribution in [-0.2, 0) is 19.1 Å². The number of carbonyl (C=O) groups excluding carboxylic acids is 1. The number of amides is 1. The summed E-state index contributed by atoms with van der Waals surface area (Å²) >= 11 is 0. The Labute approximate surface area is 165 Å². The van der Waals surface area contributed by atoms with Gasteiger partial charge in [0.2, 0.25) is 0 Å². The van der Waals surface area contributed by atoms with Crippen molar-refractivity contribution in [2.45, 2.75) is 19.1 Å². The Morgan fingerprint density at radius 3 is 2.52 bits per heavy atom. The molecule has 0 spiro atoms. The van der Waals surface area contributed by atoms with Gasteiger partial charge in [-0.15, -0.1) is 0 Å². The maximum Gasteiger partial charge on any atom is 0.416 e. The normalized spacial score (nSPS) is 13.7. The first kappa shape index (κ1) is 18.9. The van der Waals surface area contributed by atoms with E-state index in [0.717, 1.165) is 25.1 Å². The topological polar surface area (TPSA) is 58.1 Å². The molecule has 29 heavy (non-hydrogen) atoms. The molecule has 0 atom stereocenters. The first-order valence-corrected chi connectivity index (χ1v) is 9.02. The first-order valence-electron chi connectivity index (χ1n) is 9.02. The molecule has 0 bridgehead atoms. The number of halogens is 3. The van der Waals surface area contributed by atoms with Gasteiger partial charge in [-0.2, -0.15) is 13.2 Å². The first-order chi connectivity index (χ1) is 13.9. The van der Waals surface area contributed by atoms with Gasteiger partial charge in [0.15, 0.2) is 0 Å². The molecule has 0 aliphatic carbocycles. The van der Waals surface area contributed by atoms with Crippen LogP contribution >= 0.6 is 0 Å². The number of benzene rings is 2. The lowest BCUT2D eigenvalue weighted by molar-refractivity contribution is -0.137. The van der Waals surface area contributed by atoms with Crippen LogP contribution in [0.3, 0.4) is 0 Å². The van der Waals surface area contributed by atoms with E-state index in [4.69, 9.17) is 0 Å². The van der Waals surface area contributed by atoms with Crippen molar-refractivity contribution >= 4 is 17.4 Å². The standard InChI is InChI=1S/C21H17F3N4O/c22-21(23,24)16-6-3-7-17(10-16)27-20(29)18-11-26-19(12-25-18)28-9-8-14-4-1-2-5-15(14)13-28/h1-7,10-12H,8-9,13H2,(H,27,29). The largest absolute Gasteiger partial charge is 0.416 e. The monoisotopic (exact) mass is 398 g/mol. The summed E-state index contributed by atoms with van der Waals surface area (Å²) in [4.78, 5) is 22.8. The summed E-state index contributed by atoms with van der Waals surface area (Å²) in [5.74, 6) is 0.0301. The van der Waals surface area contributed by atoms with Crippen LogP contribution in [-0.4, -0.2) is 22.4 Å². The SMILES string of the molecule is O=C(Nc1cccc(C(F)(F)F)c1)c1cnc(N2CCc3ccccc3C2)cn1. The van der Waals surface area contributed by atoms with E-state index in [1.807, 2.05) is 12.1 Å². The molecule has 0 saturated heterocycles. The molecule has 1 aromatic heterocycles. The number of hydrogen-bond donors (Lipinski definition) is 1. The van der Waals surface area contributed by atoms with E-state index in [2.05, 4.69) is 32.3 Å². The highest BCUT2D eigenvalue weighted by Crippen LogP contribution is 2.30. The lowest BCUT2D eigenvalue weighted by atomic mass is 10.0.